The molecule has 0 bridgehead atoms. The SMILES string of the molecule is Cc1ccccc1SCc1ccc(CN)o1. The van der Waals surface area contributed by atoms with Gasteiger partial charge in [-0.1, -0.05) is 18.2 Å². The van der Waals surface area contributed by atoms with E-state index < -0.39 is 0 Å². The minimum atomic E-state index is 0.467. The van der Waals surface area contributed by atoms with Gasteiger partial charge >= 0.3 is 0 Å². The second kappa shape index (κ2) is 5.23. The van der Waals surface area contributed by atoms with E-state index in [9.17, 15) is 0 Å². The molecule has 0 saturated carbocycles. The fourth-order valence-electron chi connectivity index (χ4n) is 1.48. The van der Waals surface area contributed by atoms with Crippen molar-refractivity contribution >= 4 is 11.8 Å². The maximum atomic E-state index is 5.55. The van der Waals surface area contributed by atoms with Gasteiger partial charge in [0.15, 0.2) is 0 Å². The molecule has 0 aliphatic heterocycles. The molecule has 0 amide bonds. The highest BCUT2D eigenvalue weighted by Crippen LogP contribution is 2.26. The van der Waals surface area contributed by atoms with Crippen LogP contribution in [0.3, 0.4) is 0 Å². The Kier molecular flexibility index (Phi) is 3.70. The second-order valence-electron chi connectivity index (χ2n) is 3.63. The highest BCUT2D eigenvalue weighted by atomic mass is 32.2. The van der Waals surface area contributed by atoms with Gasteiger partial charge in [-0.3, -0.25) is 0 Å². The van der Waals surface area contributed by atoms with Crippen molar-refractivity contribution in [2.75, 3.05) is 0 Å². The molecule has 1 heterocycles. The molecule has 1 aromatic heterocycles. The van der Waals surface area contributed by atoms with Crippen molar-refractivity contribution in [2.24, 2.45) is 5.73 Å². The van der Waals surface area contributed by atoms with Crippen LogP contribution in [0.4, 0.5) is 0 Å². The largest absolute Gasteiger partial charge is 0.464 e. The van der Waals surface area contributed by atoms with E-state index >= 15 is 0 Å². The molecular formula is C13H15NOS. The van der Waals surface area contributed by atoms with Gasteiger partial charge in [-0.25, -0.2) is 0 Å². The Morgan fingerprint density at radius 2 is 1.88 bits per heavy atom. The van der Waals surface area contributed by atoms with Crippen LogP contribution in [0.5, 0.6) is 0 Å². The van der Waals surface area contributed by atoms with Gasteiger partial charge in [0.25, 0.3) is 0 Å². The lowest BCUT2D eigenvalue weighted by molar-refractivity contribution is 0.482. The van der Waals surface area contributed by atoms with Gasteiger partial charge in [-0.2, -0.15) is 0 Å². The van der Waals surface area contributed by atoms with Crippen molar-refractivity contribution in [2.45, 2.75) is 24.1 Å². The lowest BCUT2D eigenvalue weighted by Crippen LogP contribution is -1.92. The molecule has 2 N–H and O–H groups in total. The summed E-state index contributed by atoms with van der Waals surface area (Å²) in [6.45, 7) is 2.59. The third-order valence-electron chi connectivity index (χ3n) is 2.38. The number of hydrogen-bond acceptors (Lipinski definition) is 3. The quantitative estimate of drug-likeness (QED) is 0.823. The molecule has 0 aliphatic carbocycles. The molecule has 3 heteroatoms. The molecule has 0 saturated heterocycles. The molecule has 0 spiro atoms. The molecule has 0 aliphatic rings. The molecule has 0 atom stereocenters. The van der Waals surface area contributed by atoms with Crippen molar-refractivity contribution in [3.05, 3.63) is 53.5 Å². The molecule has 2 aromatic rings. The summed E-state index contributed by atoms with van der Waals surface area (Å²) in [6.07, 6.45) is 0. The van der Waals surface area contributed by atoms with Crippen LogP contribution in [0.1, 0.15) is 17.1 Å². The van der Waals surface area contributed by atoms with Crippen LogP contribution in [-0.4, -0.2) is 0 Å². The summed E-state index contributed by atoms with van der Waals surface area (Å²) in [5.41, 5.74) is 6.80. The van der Waals surface area contributed by atoms with Crippen LogP contribution >= 0.6 is 11.8 Å². The van der Waals surface area contributed by atoms with Gasteiger partial charge in [-0.05, 0) is 30.7 Å². The third-order valence-corrected chi connectivity index (χ3v) is 3.58. The standard InChI is InChI=1S/C13H15NOS/c1-10-4-2-3-5-13(10)16-9-12-7-6-11(8-14)15-12/h2-7H,8-9,14H2,1H3. The molecular weight excluding hydrogens is 218 g/mol. The molecule has 0 fully saturated rings. The summed E-state index contributed by atoms with van der Waals surface area (Å²) >= 11 is 1.79. The molecule has 2 nitrogen and oxygen atoms in total. The Hall–Kier alpha value is -1.19. The second-order valence-corrected chi connectivity index (χ2v) is 4.64. The van der Waals surface area contributed by atoms with E-state index in [1.807, 2.05) is 12.1 Å². The predicted octanol–water partition coefficient (Wildman–Crippen LogP) is 3.34. The molecule has 84 valence electrons. The minimum Gasteiger partial charge on any atom is -0.464 e. The van der Waals surface area contributed by atoms with Crippen LogP contribution in [0, 0.1) is 6.92 Å². The number of hydrogen-bond donors (Lipinski definition) is 1. The summed E-state index contributed by atoms with van der Waals surface area (Å²) < 4.78 is 5.55. The maximum absolute atomic E-state index is 5.55. The first kappa shape index (κ1) is 11.3. The Bertz CT molecular complexity index is 464. The number of thioether (sulfide) groups is 1. The van der Waals surface area contributed by atoms with Gasteiger partial charge in [0.1, 0.15) is 11.5 Å². The number of rotatable bonds is 4. The van der Waals surface area contributed by atoms with E-state index in [1.165, 1.54) is 10.5 Å². The molecule has 1 aromatic carbocycles. The highest BCUT2D eigenvalue weighted by Gasteiger charge is 2.03. The van der Waals surface area contributed by atoms with E-state index in [4.69, 9.17) is 10.2 Å². The van der Waals surface area contributed by atoms with Crippen molar-refractivity contribution in [1.82, 2.24) is 0 Å². The lowest BCUT2D eigenvalue weighted by atomic mass is 10.2. The van der Waals surface area contributed by atoms with Gasteiger partial charge in [0, 0.05) is 4.90 Å². The number of nitrogens with two attached hydrogens (primary N) is 1. The van der Waals surface area contributed by atoms with E-state index in [0.717, 1.165) is 17.3 Å². The van der Waals surface area contributed by atoms with Crippen molar-refractivity contribution in [1.29, 1.82) is 0 Å². The van der Waals surface area contributed by atoms with Crippen LogP contribution in [-0.2, 0) is 12.3 Å². The number of furan rings is 1. The Labute approximate surface area is 99.8 Å². The van der Waals surface area contributed by atoms with Crippen molar-refractivity contribution in [3.8, 4) is 0 Å². The van der Waals surface area contributed by atoms with Crippen LogP contribution in [0.25, 0.3) is 0 Å². The molecule has 0 unspecified atom stereocenters. The number of benzene rings is 1. The van der Waals surface area contributed by atoms with Gasteiger partial charge in [0.2, 0.25) is 0 Å². The van der Waals surface area contributed by atoms with E-state index in [1.54, 1.807) is 11.8 Å². The smallest absolute Gasteiger partial charge is 0.117 e. The Morgan fingerprint density at radius 3 is 2.56 bits per heavy atom. The Morgan fingerprint density at radius 1 is 1.12 bits per heavy atom. The Balaban J connectivity index is 1.99. The molecule has 16 heavy (non-hydrogen) atoms. The first-order valence-corrected chi connectivity index (χ1v) is 6.24. The van der Waals surface area contributed by atoms with E-state index in [0.29, 0.717) is 6.54 Å². The fraction of sp³-hybridized carbons (Fsp3) is 0.231. The zero-order valence-electron chi connectivity index (χ0n) is 9.27. The van der Waals surface area contributed by atoms with Crippen molar-refractivity contribution in [3.63, 3.8) is 0 Å². The topological polar surface area (TPSA) is 39.2 Å². The van der Waals surface area contributed by atoms with Crippen molar-refractivity contribution < 1.29 is 4.42 Å². The minimum absolute atomic E-state index is 0.467. The first-order chi connectivity index (χ1) is 7.79. The van der Waals surface area contributed by atoms with Crippen LogP contribution < -0.4 is 5.73 Å². The van der Waals surface area contributed by atoms with E-state index in [-0.39, 0.29) is 0 Å². The normalized spacial score (nSPS) is 10.6. The molecule has 0 radical (unpaired) electrons. The van der Waals surface area contributed by atoms with E-state index in [2.05, 4.69) is 31.2 Å². The fourth-order valence-corrected chi connectivity index (χ4v) is 2.40. The zero-order valence-corrected chi connectivity index (χ0v) is 10.1. The highest BCUT2D eigenvalue weighted by molar-refractivity contribution is 7.98. The van der Waals surface area contributed by atoms with Crippen LogP contribution in [0.15, 0.2) is 45.7 Å². The first-order valence-electron chi connectivity index (χ1n) is 5.25. The summed E-state index contributed by atoms with van der Waals surface area (Å²) in [5.74, 6) is 2.68. The van der Waals surface area contributed by atoms with Gasteiger partial charge in [-0.15, -0.1) is 11.8 Å². The summed E-state index contributed by atoms with van der Waals surface area (Å²) in [4.78, 5) is 1.30. The monoisotopic (exact) mass is 233 g/mol. The average Bonchev–Trinajstić information content (AvgIpc) is 2.76. The summed E-state index contributed by atoms with van der Waals surface area (Å²) in [6, 6.07) is 12.3. The summed E-state index contributed by atoms with van der Waals surface area (Å²) in [7, 11) is 0. The lowest BCUT2D eigenvalue weighted by Gasteiger charge is -2.03. The summed E-state index contributed by atoms with van der Waals surface area (Å²) in [5, 5.41) is 0. The zero-order chi connectivity index (χ0) is 11.4. The predicted molar refractivity (Wildman–Crippen MR) is 67.3 cm³/mol. The van der Waals surface area contributed by atoms with Crippen LogP contribution in [0.2, 0.25) is 0 Å². The average molecular weight is 233 g/mol. The molecule has 2 rings (SSSR count). The van der Waals surface area contributed by atoms with Gasteiger partial charge in [0.05, 0.1) is 12.3 Å². The number of aryl methyl sites for hydroxylation is 1. The van der Waals surface area contributed by atoms with Gasteiger partial charge < -0.3 is 10.2 Å². The maximum Gasteiger partial charge on any atom is 0.117 e. The third kappa shape index (κ3) is 2.68.